The van der Waals surface area contributed by atoms with E-state index in [0.29, 0.717) is 28.6 Å². The lowest BCUT2D eigenvalue weighted by molar-refractivity contribution is 0.0698. The van der Waals surface area contributed by atoms with E-state index in [9.17, 15) is 14.3 Å². The molecule has 1 aliphatic carbocycles. The molecule has 1 aliphatic rings. The van der Waals surface area contributed by atoms with Crippen molar-refractivity contribution in [1.82, 2.24) is 4.98 Å². The zero-order chi connectivity index (χ0) is 20.0. The molecule has 0 fully saturated rings. The number of hydrogen-bond donors (Lipinski definition) is 1. The number of carboxylic acid groups (broad SMARTS) is 1. The van der Waals surface area contributed by atoms with E-state index >= 15 is 0 Å². The summed E-state index contributed by atoms with van der Waals surface area (Å²) >= 11 is 0. The van der Waals surface area contributed by atoms with Crippen LogP contribution in [0, 0.1) is 5.82 Å². The monoisotopic (exact) mass is 383 g/mol. The molecule has 4 aromatic rings. The van der Waals surface area contributed by atoms with Gasteiger partial charge in [0.15, 0.2) is 0 Å². The molecular weight excluding hydrogens is 365 g/mol. The van der Waals surface area contributed by atoms with Crippen molar-refractivity contribution in [3.63, 3.8) is 0 Å². The highest BCUT2D eigenvalue weighted by Crippen LogP contribution is 2.38. The number of aryl methyl sites for hydroxylation is 1. The second-order valence-electron chi connectivity index (χ2n) is 7.37. The lowest BCUT2D eigenvalue weighted by Crippen LogP contribution is -2.07. The van der Waals surface area contributed by atoms with Crippen LogP contribution in [0.15, 0.2) is 66.7 Å². The summed E-state index contributed by atoms with van der Waals surface area (Å²) in [4.78, 5) is 16.9. The van der Waals surface area contributed by atoms with Crippen molar-refractivity contribution in [1.29, 1.82) is 0 Å². The van der Waals surface area contributed by atoms with Crippen LogP contribution in [0.4, 0.5) is 4.39 Å². The first kappa shape index (κ1) is 17.6. The molecule has 1 aromatic heterocycles. The summed E-state index contributed by atoms with van der Waals surface area (Å²) in [5, 5.41) is 10.3. The van der Waals surface area contributed by atoms with Gasteiger partial charge in [0, 0.05) is 10.9 Å². The number of fused-ring (bicyclic) bond motifs is 4. The first-order chi connectivity index (χ1) is 14.1. The molecule has 5 rings (SSSR count). The molecule has 3 nitrogen and oxygen atoms in total. The number of rotatable bonds is 2. The van der Waals surface area contributed by atoms with Gasteiger partial charge in [-0.2, -0.15) is 0 Å². The third-order valence-electron chi connectivity index (χ3n) is 5.60. The van der Waals surface area contributed by atoms with Gasteiger partial charge in [0.05, 0.1) is 16.8 Å². The van der Waals surface area contributed by atoms with E-state index in [1.807, 2.05) is 24.3 Å². The van der Waals surface area contributed by atoms with E-state index in [1.54, 1.807) is 6.07 Å². The standard InChI is InChI=1S/C25H18FNO2/c26-18-10-12-22-21(14-18)23(25(28)29)20-8-4-7-17-13-16(15-5-2-1-3-6-15)9-11-19(17)24(20)27-22/h1-3,5-6,9-14H,4,7-8H2,(H,28,29). The van der Waals surface area contributed by atoms with Crippen molar-refractivity contribution in [3.8, 4) is 22.4 Å². The smallest absolute Gasteiger partial charge is 0.336 e. The van der Waals surface area contributed by atoms with E-state index in [0.717, 1.165) is 35.1 Å². The zero-order valence-corrected chi connectivity index (χ0v) is 15.7. The molecule has 1 N–H and O–H groups in total. The van der Waals surface area contributed by atoms with E-state index < -0.39 is 11.8 Å². The van der Waals surface area contributed by atoms with Gasteiger partial charge < -0.3 is 5.11 Å². The maximum atomic E-state index is 13.8. The van der Waals surface area contributed by atoms with E-state index in [4.69, 9.17) is 4.98 Å². The van der Waals surface area contributed by atoms with Gasteiger partial charge in [-0.3, -0.25) is 0 Å². The molecule has 4 heteroatoms. The summed E-state index contributed by atoms with van der Waals surface area (Å²) < 4.78 is 13.8. The van der Waals surface area contributed by atoms with Crippen molar-refractivity contribution in [2.45, 2.75) is 19.3 Å². The maximum Gasteiger partial charge on any atom is 0.336 e. The molecular formula is C25H18FNO2. The zero-order valence-electron chi connectivity index (χ0n) is 15.7. The first-order valence-corrected chi connectivity index (χ1v) is 9.66. The fraction of sp³-hybridized carbons (Fsp3) is 0.120. The van der Waals surface area contributed by atoms with Gasteiger partial charge in [-0.1, -0.05) is 48.5 Å². The van der Waals surface area contributed by atoms with Gasteiger partial charge in [-0.15, -0.1) is 0 Å². The van der Waals surface area contributed by atoms with Crippen LogP contribution in [0.5, 0.6) is 0 Å². The summed E-state index contributed by atoms with van der Waals surface area (Å²) in [5.74, 6) is -1.49. The van der Waals surface area contributed by atoms with Crippen molar-refractivity contribution in [2.75, 3.05) is 0 Å². The lowest BCUT2D eigenvalue weighted by Gasteiger charge is -2.15. The summed E-state index contributed by atoms with van der Waals surface area (Å²) in [6, 6.07) is 20.6. The van der Waals surface area contributed by atoms with Crippen molar-refractivity contribution in [2.24, 2.45) is 0 Å². The topological polar surface area (TPSA) is 50.2 Å². The van der Waals surface area contributed by atoms with Crippen LogP contribution >= 0.6 is 0 Å². The van der Waals surface area contributed by atoms with Crippen LogP contribution in [0.25, 0.3) is 33.3 Å². The number of benzene rings is 3. The van der Waals surface area contributed by atoms with Gasteiger partial charge >= 0.3 is 5.97 Å². The van der Waals surface area contributed by atoms with Crippen molar-refractivity contribution < 1.29 is 14.3 Å². The molecule has 0 atom stereocenters. The molecule has 0 saturated carbocycles. The Morgan fingerprint density at radius 1 is 0.931 bits per heavy atom. The minimum Gasteiger partial charge on any atom is -0.478 e. The average Bonchev–Trinajstić information content (AvgIpc) is 2.91. The third-order valence-corrected chi connectivity index (χ3v) is 5.60. The van der Waals surface area contributed by atoms with Crippen LogP contribution in [-0.2, 0) is 12.8 Å². The predicted octanol–water partition coefficient (Wildman–Crippen LogP) is 5.89. The Morgan fingerprint density at radius 3 is 2.55 bits per heavy atom. The summed E-state index contributed by atoms with van der Waals surface area (Å²) in [6.45, 7) is 0. The molecule has 142 valence electrons. The Morgan fingerprint density at radius 2 is 1.76 bits per heavy atom. The normalized spacial score (nSPS) is 12.9. The van der Waals surface area contributed by atoms with E-state index in [-0.39, 0.29) is 5.56 Å². The molecule has 1 heterocycles. The largest absolute Gasteiger partial charge is 0.478 e. The number of nitrogens with zero attached hydrogens (tertiary/aromatic N) is 1. The number of pyridine rings is 1. The van der Waals surface area contributed by atoms with Gasteiger partial charge in [0.1, 0.15) is 5.82 Å². The number of aromatic carboxylic acids is 1. The predicted molar refractivity (Wildman–Crippen MR) is 112 cm³/mol. The van der Waals surface area contributed by atoms with Gasteiger partial charge in [0.2, 0.25) is 0 Å². The quantitative estimate of drug-likeness (QED) is 0.469. The second-order valence-corrected chi connectivity index (χ2v) is 7.37. The molecule has 0 amide bonds. The molecule has 0 saturated heterocycles. The third kappa shape index (κ3) is 2.97. The van der Waals surface area contributed by atoms with Gasteiger partial charge in [-0.05, 0) is 59.7 Å². The lowest BCUT2D eigenvalue weighted by atomic mass is 9.93. The highest BCUT2D eigenvalue weighted by molar-refractivity contribution is 6.06. The number of carbonyl (C=O) groups is 1. The molecule has 29 heavy (non-hydrogen) atoms. The number of aromatic nitrogens is 1. The highest BCUT2D eigenvalue weighted by atomic mass is 19.1. The van der Waals surface area contributed by atoms with E-state index in [1.165, 1.54) is 12.1 Å². The minimum atomic E-state index is -1.04. The van der Waals surface area contributed by atoms with Gasteiger partial charge in [0.25, 0.3) is 0 Å². The van der Waals surface area contributed by atoms with Crippen LogP contribution < -0.4 is 0 Å². The van der Waals surface area contributed by atoms with Crippen molar-refractivity contribution >= 4 is 16.9 Å². The Labute approximate surface area is 167 Å². The second kappa shape index (κ2) is 6.82. The molecule has 3 aromatic carbocycles. The molecule has 0 radical (unpaired) electrons. The van der Waals surface area contributed by atoms with Crippen LogP contribution in [0.3, 0.4) is 0 Å². The maximum absolute atomic E-state index is 13.8. The molecule has 0 unspecified atom stereocenters. The Hall–Kier alpha value is -3.53. The Kier molecular flexibility index (Phi) is 4.13. The molecule has 0 bridgehead atoms. The number of hydrogen-bond acceptors (Lipinski definition) is 2. The summed E-state index contributed by atoms with van der Waals surface area (Å²) in [5.41, 5.74) is 6.48. The van der Waals surface area contributed by atoms with Crippen LogP contribution in [0.1, 0.15) is 27.9 Å². The van der Waals surface area contributed by atoms with Gasteiger partial charge in [-0.25, -0.2) is 14.2 Å². The molecule has 0 aliphatic heterocycles. The number of carboxylic acids is 1. The van der Waals surface area contributed by atoms with E-state index in [2.05, 4.69) is 24.3 Å². The fourth-order valence-electron chi connectivity index (χ4n) is 4.28. The SMILES string of the molecule is O=C(O)c1c2c(nc3ccc(F)cc13)-c1ccc(-c3ccccc3)cc1CCC2. The summed E-state index contributed by atoms with van der Waals surface area (Å²) in [7, 11) is 0. The minimum absolute atomic E-state index is 0.171. The molecule has 0 spiro atoms. The average molecular weight is 383 g/mol. The van der Waals surface area contributed by atoms with Crippen LogP contribution in [0.2, 0.25) is 0 Å². The Bertz CT molecular complexity index is 1270. The summed E-state index contributed by atoms with van der Waals surface area (Å²) in [6.07, 6.45) is 2.27. The first-order valence-electron chi connectivity index (χ1n) is 9.66. The fourth-order valence-corrected chi connectivity index (χ4v) is 4.28. The van der Waals surface area contributed by atoms with Crippen molar-refractivity contribution in [3.05, 3.63) is 89.2 Å². The van der Waals surface area contributed by atoms with Crippen LogP contribution in [-0.4, -0.2) is 16.1 Å². The Balaban J connectivity index is 1.77. The number of halogens is 1. The highest BCUT2D eigenvalue weighted by Gasteiger charge is 2.24.